The number of anilines is 1. The molecule has 1 amide bonds. The summed E-state index contributed by atoms with van der Waals surface area (Å²) in [7, 11) is 0. The maximum absolute atomic E-state index is 11.5. The lowest BCUT2D eigenvalue weighted by molar-refractivity contribution is -0.115. The van der Waals surface area contributed by atoms with Crippen LogP contribution in [0.4, 0.5) is 5.82 Å². The Hall–Kier alpha value is -3.03. The summed E-state index contributed by atoms with van der Waals surface area (Å²) in [5.41, 5.74) is 0. The minimum absolute atomic E-state index is 0.136. The largest absolute Gasteiger partial charge is 0.461 e. The van der Waals surface area contributed by atoms with E-state index in [-0.39, 0.29) is 5.91 Å². The molecule has 0 aliphatic rings. The molecule has 0 unspecified atom stereocenters. The van der Waals surface area contributed by atoms with Gasteiger partial charge < -0.3 is 9.73 Å². The van der Waals surface area contributed by atoms with Crippen molar-refractivity contribution in [2.45, 2.75) is 13.3 Å². The molecule has 1 N–H and O–H groups in total. The molecule has 8 nitrogen and oxygen atoms in total. The first-order valence-electron chi connectivity index (χ1n) is 6.34. The molecule has 0 aliphatic carbocycles. The first kappa shape index (κ1) is 13.0. The predicted octanol–water partition coefficient (Wildman–Crippen LogP) is 1.67. The minimum atomic E-state index is -0.136. The number of carbonyl (C=O) groups excluding carboxylic acids is 1. The number of hydrogen-bond donors (Lipinski definition) is 1. The van der Waals surface area contributed by atoms with Crippen molar-refractivity contribution in [2.75, 3.05) is 5.32 Å². The predicted molar refractivity (Wildman–Crippen MR) is 73.6 cm³/mol. The maximum Gasteiger partial charge on any atom is 0.225 e. The Balaban J connectivity index is 2.06. The molecule has 0 bridgehead atoms. The summed E-state index contributed by atoms with van der Waals surface area (Å²) in [6.45, 7) is 1.77. The number of amides is 1. The van der Waals surface area contributed by atoms with Gasteiger partial charge in [-0.1, -0.05) is 6.92 Å². The van der Waals surface area contributed by atoms with Gasteiger partial charge in [-0.2, -0.15) is 5.10 Å². The lowest BCUT2D eigenvalue weighted by Gasteiger charge is -2.07. The Morgan fingerprint density at radius 2 is 2.33 bits per heavy atom. The normalized spacial score (nSPS) is 10.5. The average Bonchev–Trinajstić information content (AvgIpc) is 3.20. The molecule has 106 valence electrons. The fourth-order valence-electron chi connectivity index (χ4n) is 1.69. The van der Waals surface area contributed by atoms with Crippen LogP contribution in [0.3, 0.4) is 0 Å². The third-order valence-electron chi connectivity index (χ3n) is 2.70. The SMILES string of the molecule is CCC(=O)Nc1cc(-n2cncn2)nc(-c2ccco2)n1. The van der Waals surface area contributed by atoms with E-state index < -0.39 is 0 Å². The molecule has 3 aromatic rings. The minimum Gasteiger partial charge on any atom is -0.461 e. The van der Waals surface area contributed by atoms with Crippen LogP contribution in [0, 0.1) is 0 Å². The summed E-state index contributed by atoms with van der Waals surface area (Å²) in [6.07, 6.45) is 4.81. The van der Waals surface area contributed by atoms with Crippen molar-refractivity contribution in [1.82, 2.24) is 24.7 Å². The van der Waals surface area contributed by atoms with E-state index >= 15 is 0 Å². The second-order valence-corrected chi connectivity index (χ2v) is 4.15. The van der Waals surface area contributed by atoms with Crippen molar-refractivity contribution in [2.24, 2.45) is 0 Å². The fourth-order valence-corrected chi connectivity index (χ4v) is 1.69. The maximum atomic E-state index is 11.5. The standard InChI is InChI=1S/C13H12N6O2/c1-2-12(20)16-10-6-11(19-8-14-7-15-19)18-13(17-10)9-4-3-5-21-9/h3-8H,2H2,1H3,(H,16,17,18,20). The van der Waals surface area contributed by atoms with E-state index in [1.165, 1.54) is 23.6 Å². The van der Waals surface area contributed by atoms with Crippen LogP contribution in [0.5, 0.6) is 0 Å². The number of rotatable bonds is 4. The molecular formula is C13H12N6O2. The highest BCUT2D eigenvalue weighted by Crippen LogP contribution is 2.19. The second-order valence-electron chi connectivity index (χ2n) is 4.15. The van der Waals surface area contributed by atoms with E-state index in [1.54, 1.807) is 25.1 Å². The molecule has 0 saturated heterocycles. The van der Waals surface area contributed by atoms with Crippen LogP contribution in [0.25, 0.3) is 17.4 Å². The smallest absolute Gasteiger partial charge is 0.225 e. The summed E-state index contributed by atoms with van der Waals surface area (Å²) < 4.78 is 6.78. The Bertz CT molecular complexity index is 684. The summed E-state index contributed by atoms with van der Waals surface area (Å²) in [4.78, 5) is 24.1. The summed E-state index contributed by atoms with van der Waals surface area (Å²) in [5, 5.41) is 6.72. The molecule has 3 aromatic heterocycles. The molecule has 0 radical (unpaired) electrons. The molecule has 0 atom stereocenters. The summed E-state index contributed by atoms with van der Waals surface area (Å²) >= 11 is 0. The third-order valence-corrected chi connectivity index (χ3v) is 2.70. The molecule has 0 aromatic carbocycles. The number of nitrogens with one attached hydrogen (secondary N) is 1. The zero-order valence-electron chi connectivity index (χ0n) is 11.2. The lowest BCUT2D eigenvalue weighted by atomic mass is 10.4. The number of furan rings is 1. The first-order chi connectivity index (χ1) is 10.3. The highest BCUT2D eigenvalue weighted by atomic mass is 16.3. The monoisotopic (exact) mass is 284 g/mol. The molecular weight excluding hydrogens is 272 g/mol. The first-order valence-corrected chi connectivity index (χ1v) is 6.34. The van der Waals surface area contributed by atoms with Crippen molar-refractivity contribution in [3.05, 3.63) is 37.1 Å². The molecule has 3 rings (SSSR count). The topological polar surface area (TPSA) is 98.7 Å². The van der Waals surface area contributed by atoms with E-state index in [2.05, 4.69) is 25.4 Å². The number of aromatic nitrogens is 5. The van der Waals surface area contributed by atoms with Crippen LogP contribution in [-0.4, -0.2) is 30.6 Å². The molecule has 21 heavy (non-hydrogen) atoms. The van der Waals surface area contributed by atoms with Gasteiger partial charge in [0, 0.05) is 12.5 Å². The van der Waals surface area contributed by atoms with Crippen LogP contribution < -0.4 is 5.32 Å². The van der Waals surface area contributed by atoms with Gasteiger partial charge >= 0.3 is 0 Å². The van der Waals surface area contributed by atoms with Crippen molar-refractivity contribution in [3.63, 3.8) is 0 Å². The van der Waals surface area contributed by atoms with Gasteiger partial charge in [-0.05, 0) is 12.1 Å². The van der Waals surface area contributed by atoms with Crippen molar-refractivity contribution >= 4 is 11.7 Å². The van der Waals surface area contributed by atoms with E-state index in [4.69, 9.17) is 4.42 Å². The molecule has 8 heteroatoms. The van der Waals surface area contributed by atoms with Gasteiger partial charge in [0.25, 0.3) is 0 Å². The zero-order chi connectivity index (χ0) is 14.7. The number of nitrogens with zero attached hydrogens (tertiary/aromatic N) is 5. The molecule has 0 saturated carbocycles. The van der Waals surface area contributed by atoms with Gasteiger partial charge in [-0.15, -0.1) is 0 Å². The van der Waals surface area contributed by atoms with Crippen LogP contribution in [0.15, 0.2) is 41.5 Å². The Morgan fingerprint density at radius 1 is 1.43 bits per heavy atom. The van der Waals surface area contributed by atoms with Crippen LogP contribution in [0.1, 0.15) is 13.3 Å². The van der Waals surface area contributed by atoms with Crippen molar-refractivity contribution in [3.8, 4) is 17.4 Å². The van der Waals surface area contributed by atoms with Crippen molar-refractivity contribution in [1.29, 1.82) is 0 Å². The average molecular weight is 284 g/mol. The zero-order valence-corrected chi connectivity index (χ0v) is 11.2. The highest BCUT2D eigenvalue weighted by Gasteiger charge is 2.12. The Morgan fingerprint density at radius 3 is 3.00 bits per heavy atom. The van der Waals surface area contributed by atoms with Crippen LogP contribution in [-0.2, 0) is 4.79 Å². The van der Waals surface area contributed by atoms with E-state index in [1.807, 2.05) is 0 Å². The van der Waals surface area contributed by atoms with Gasteiger partial charge in [0.05, 0.1) is 6.26 Å². The third kappa shape index (κ3) is 2.78. The van der Waals surface area contributed by atoms with Crippen LogP contribution in [0.2, 0.25) is 0 Å². The molecule has 3 heterocycles. The fraction of sp³-hybridized carbons (Fsp3) is 0.154. The summed E-state index contributed by atoms with van der Waals surface area (Å²) in [6, 6.07) is 5.10. The summed E-state index contributed by atoms with van der Waals surface area (Å²) in [5.74, 6) is 1.60. The molecule has 0 aliphatic heterocycles. The quantitative estimate of drug-likeness (QED) is 0.782. The van der Waals surface area contributed by atoms with Crippen LogP contribution >= 0.6 is 0 Å². The Kier molecular flexibility index (Phi) is 3.42. The Labute approximate surface area is 119 Å². The highest BCUT2D eigenvalue weighted by molar-refractivity contribution is 5.89. The van der Waals surface area contributed by atoms with Gasteiger partial charge in [0.2, 0.25) is 5.91 Å². The number of carbonyl (C=O) groups is 1. The molecule has 0 fully saturated rings. The van der Waals surface area contributed by atoms with Gasteiger partial charge in [0.1, 0.15) is 18.5 Å². The van der Waals surface area contributed by atoms with E-state index in [0.29, 0.717) is 29.6 Å². The number of hydrogen-bond acceptors (Lipinski definition) is 6. The second kappa shape index (κ2) is 5.53. The lowest BCUT2D eigenvalue weighted by Crippen LogP contribution is -2.12. The van der Waals surface area contributed by atoms with Gasteiger partial charge in [0.15, 0.2) is 17.4 Å². The van der Waals surface area contributed by atoms with Gasteiger partial charge in [-0.25, -0.2) is 19.6 Å². The molecule has 0 spiro atoms. The van der Waals surface area contributed by atoms with Gasteiger partial charge in [-0.3, -0.25) is 4.79 Å². The van der Waals surface area contributed by atoms with Crippen molar-refractivity contribution < 1.29 is 9.21 Å². The van der Waals surface area contributed by atoms with E-state index in [0.717, 1.165) is 0 Å². The van der Waals surface area contributed by atoms with E-state index in [9.17, 15) is 4.79 Å².